The maximum Gasteiger partial charge on any atom is 0.118 e. The van der Waals surface area contributed by atoms with Crippen molar-refractivity contribution in [3.05, 3.63) is 29.8 Å². The van der Waals surface area contributed by atoms with Gasteiger partial charge in [-0.25, -0.2) is 0 Å². The van der Waals surface area contributed by atoms with E-state index in [-0.39, 0.29) is 0 Å². The first-order chi connectivity index (χ1) is 9.15. The number of benzene rings is 1. The second-order valence-electron chi connectivity index (χ2n) is 5.14. The summed E-state index contributed by atoms with van der Waals surface area (Å²) in [5, 5.41) is 0. The number of hydrogen-bond acceptors (Lipinski definition) is 3. The van der Waals surface area contributed by atoms with Crippen molar-refractivity contribution >= 4 is 0 Å². The molecule has 19 heavy (non-hydrogen) atoms. The Labute approximate surface area is 117 Å². The van der Waals surface area contributed by atoms with E-state index in [4.69, 9.17) is 10.5 Å². The summed E-state index contributed by atoms with van der Waals surface area (Å²) in [5.74, 6) is 1.58. The Kier molecular flexibility index (Phi) is 6.89. The lowest BCUT2D eigenvalue weighted by atomic mass is 9.93. The summed E-state index contributed by atoms with van der Waals surface area (Å²) < 4.78 is 5.18. The minimum absolute atomic E-state index is 0.456. The van der Waals surface area contributed by atoms with Crippen LogP contribution in [0.5, 0.6) is 5.75 Å². The average molecular weight is 264 g/mol. The highest BCUT2D eigenvalue weighted by Crippen LogP contribution is 2.19. The number of likely N-dealkylation sites (N-methyl/N-ethyl adjacent to an activating group) is 1. The molecule has 0 bridgehead atoms. The predicted molar refractivity (Wildman–Crippen MR) is 81.4 cm³/mol. The largest absolute Gasteiger partial charge is 0.497 e. The molecule has 108 valence electrons. The minimum atomic E-state index is 0.456. The van der Waals surface area contributed by atoms with Crippen LogP contribution in [0.4, 0.5) is 0 Å². The zero-order valence-corrected chi connectivity index (χ0v) is 12.7. The van der Waals surface area contributed by atoms with Crippen LogP contribution >= 0.6 is 0 Å². The van der Waals surface area contributed by atoms with Gasteiger partial charge < -0.3 is 10.5 Å². The van der Waals surface area contributed by atoms with Crippen LogP contribution in [-0.4, -0.2) is 31.6 Å². The first kappa shape index (κ1) is 16.0. The average Bonchev–Trinajstić information content (AvgIpc) is 2.45. The summed E-state index contributed by atoms with van der Waals surface area (Å²) in [4.78, 5) is 2.37. The van der Waals surface area contributed by atoms with Crippen molar-refractivity contribution in [2.75, 3.05) is 20.7 Å². The van der Waals surface area contributed by atoms with Gasteiger partial charge in [0.15, 0.2) is 0 Å². The van der Waals surface area contributed by atoms with Gasteiger partial charge in [-0.1, -0.05) is 38.8 Å². The first-order valence-electron chi connectivity index (χ1n) is 7.19. The van der Waals surface area contributed by atoms with Gasteiger partial charge in [-0.15, -0.1) is 0 Å². The summed E-state index contributed by atoms with van der Waals surface area (Å²) in [5.41, 5.74) is 7.26. The molecule has 0 radical (unpaired) electrons. The normalized spacial score (nSPS) is 13.0. The van der Waals surface area contributed by atoms with Crippen LogP contribution in [0.25, 0.3) is 0 Å². The lowest BCUT2D eigenvalue weighted by molar-refractivity contribution is 0.165. The molecule has 1 aromatic rings. The molecule has 0 aliphatic rings. The summed E-state index contributed by atoms with van der Waals surface area (Å²) in [6.45, 7) is 6.15. The Bertz CT molecular complexity index is 346. The molecular formula is C16H28N2O. The van der Waals surface area contributed by atoms with Crippen molar-refractivity contribution in [2.45, 2.75) is 39.3 Å². The standard InChI is InChI=1S/C16H28N2O/c1-5-14(6-2)16(11-17)18(3)12-13-7-9-15(19-4)10-8-13/h7-10,14,16H,5-6,11-12,17H2,1-4H3. The molecule has 3 heteroatoms. The number of rotatable bonds is 8. The molecule has 0 saturated heterocycles. The van der Waals surface area contributed by atoms with E-state index in [0.717, 1.165) is 18.8 Å². The molecule has 1 unspecified atom stereocenters. The van der Waals surface area contributed by atoms with Gasteiger partial charge in [-0.3, -0.25) is 4.90 Å². The van der Waals surface area contributed by atoms with E-state index < -0.39 is 0 Å². The second kappa shape index (κ2) is 8.18. The Hall–Kier alpha value is -1.06. The molecule has 0 spiro atoms. The quantitative estimate of drug-likeness (QED) is 0.784. The third-order valence-electron chi connectivity index (χ3n) is 3.99. The molecule has 0 saturated carbocycles. The lowest BCUT2D eigenvalue weighted by Gasteiger charge is -2.33. The van der Waals surface area contributed by atoms with Crippen LogP contribution < -0.4 is 10.5 Å². The zero-order chi connectivity index (χ0) is 14.3. The number of ether oxygens (including phenoxy) is 1. The van der Waals surface area contributed by atoms with Crippen molar-refractivity contribution in [2.24, 2.45) is 11.7 Å². The molecule has 2 N–H and O–H groups in total. The maximum atomic E-state index is 5.96. The zero-order valence-electron chi connectivity index (χ0n) is 12.7. The van der Waals surface area contributed by atoms with Crippen LogP contribution in [0.3, 0.4) is 0 Å². The van der Waals surface area contributed by atoms with Crippen molar-refractivity contribution in [1.82, 2.24) is 4.90 Å². The number of methoxy groups -OCH3 is 1. The van der Waals surface area contributed by atoms with Crippen LogP contribution in [-0.2, 0) is 6.54 Å². The van der Waals surface area contributed by atoms with Gasteiger partial charge in [-0.05, 0) is 30.7 Å². The van der Waals surface area contributed by atoms with Crippen LogP contribution in [0.1, 0.15) is 32.3 Å². The summed E-state index contributed by atoms with van der Waals surface area (Å²) in [6.07, 6.45) is 2.37. The molecule has 1 rings (SSSR count). The van der Waals surface area contributed by atoms with Gasteiger partial charge in [0.1, 0.15) is 5.75 Å². The molecule has 0 aromatic heterocycles. The smallest absolute Gasteiger partial charge is 0.118 e. The topological polar surface area (TPSA) is 38.5 Å². The van der Waals surface area contributed by atoms with Crippen LogP contribution in [0.15, 0.2) is 24.3 Å². The van der Waals surface area contributed by atoms with E-state index in [1.165, 1.54) is 18.4 Å². The second-order valence-corrected chi connectivity index (χ2v) is 5.14. The van der Waals surface area contributed by atoms with Crippen LogP contribution in [0, 0.1) is 5.92 Å². The van der Waals surface area contributed by atoms with Gasteiger partial charge >= 0.3 is 0 Å². The van der Waals surface area contributed by atoms with E-state index in [2.05, 4.69) is 37.9 Å². The lowest BCUT2D eigenvalue weighted by Crippen LogP contribution is -2.42. The maximum absolute atomic E-state index is 5.96. The summed E-state index contributed by atoms with van der Waals surface area (Å²) >= 11 is 0. The van der Waals surface area contributed by atoms with Gasteiger partial charge in [0, 0.05) is 19.1 Å². The van der Waals surface area contributed by atoms with Crippen molar-refractivity contribution in [1.29, 1.82) is 0 Å². The van der Waals surface area contributed by atoms with Gasteiger partial charge in [0.2, 0.25) is 0 Å². The number of hydrogen-bond donors (Lipinski definition) is 1. The molecule has 0 fully saturated rings. The molecule has 3 nitrogen and oxygen atoms in total. The number of nitrogens with two attached hydrogens (primary N) is 1. The Balaban J connectivity index is 2.67. The van der Waals surface area contributed by atoms with Crippen molar-refractivity contribution in [3.8, 4) is 5.75 Å². The van der Waals surface area contributed by atoms with E-state index in [0.29, 0.717) is 12.0 Å². The third kappa shape index (κ3) is 4.51. The van der Waals surface area contributed by atoms with E-state index in [1.54, 1.807) is 7.11 Å². The summed E-state index contributed by atoms with van der Waals surface area (Å²) in [7, 11) is 3.86. The molecule has 0 heterocycles. The fraction of sp³-hybridized carbons (Fsp3) is 0.625. The van der Waals surface area contributed by atoms with Crippen molar-refractivity contribution in [3.63, 3.8) is 0 Å². The molecule has 0 aliphatic heterocycles. The minimum Gasteiger partial charge on any atom is -0.497 e. The van der Waals surface area contributed by atoms with Gasteiger partial charge in [0.25, 0.3) is 0 Å². The van der Waals surface area contributed by atoms with Crippen LogP contribution in [0.2, 0.25) is 0 Å². The molecule has 1 atom stereocenters. The monoisotopic (exact) mass is 264 g/mol. The highest BCUT2D eigenvalue weighted by molar-refractivity contribution is 5.27. The Morgan fingerprint density at radius 1 is 1.16 bits per heavy atom. The molecule has 0 amide bonds. The fourth-order valence-corrected chi connectivity index (χ4v) is 2.70. The number of nitrogens with zero attached hydrogens (tertiary/aromatic N) is 1. The Morgan fingerprint density at radius 2 is 1.74 bits per heavy atom. The van der Waals surface area contributed by atoms with E-state index in [9.17, 15) is 0 Å². The summed E-state index contributed by atoms with van der Waals surface area (Å²) in [6, 6.07) is 8.72. The highest BCUT2D eigenvalue weighted by Gasteiger charge is 2.21. The third-order valence-corrected chi connectivity index (χ3v) is 3.99. The SMILES string of the molecule is CCC(CC)C(CN)N(C)Cc1ccc(OC)cc1. The first-order valence-corrected chi connectivity index (χ1v) is 7.19. The predicted octanol–water partition coefficient (Wildman–Crippen LogP) is 2.89. The van der Waals surface area contributed by atoms with Gasteiger partial charge in [0.05, 0.1) is 7.11 Å². The molecule has 0 aliphatic carbocycles. The highest BCUT2D eigenvalue weighted by atomic mass is 16.5. The Morgan fingerprint density at radius 3 is 2.16 bits per heavy atom. The van der Waals surface area contributed by atoms with E-state index >= 15 is 0 Å². The van der Waals surface area contributed by atoms with E-state index in [1.807, 2.05) is 12.1 Å². The van der Waals surface area contributed by atoms with Gasteiger partial charge in [-0.2, -0.15) is 0 Å². The fourth-order valence-electron chi connectivity index (χ4n) is 2.70. The molecular weight excluding hydrogens is 236 g/mol. The molecule has 1 aromatic carbocycles. The van der Waals surface area contributed by atoms with Crippen molar-refractivity contribution < 1.29 is 4.74 Å².